The number of thiophene rings is 1. The van der Waals surface area contributed by atoms with Gasteiger partial charge in [0.1, 0.15) is 4.21 Å². The first-order chi connectivity index (χ1) is 12.4. The van der Waals surface area contributed by atoms with Crippen LogP contribution in [0.1, 0.15) is 23.2 Å². The number of amides is 2. The fraction of sp³-hybridized carbons (Fsp3) is 0.294. The summed E-state index contributed by atoms with van der Waals surface area (Å²) in [5.41, 5.74) is 6.06. The molecule has 1 aromatic heterocycles. The smallest absolute Gasteiger partial charge is 0.252 e. The van der Waals surface area contributed by atoms with Crippen LogP contribution in [0.15, 0.2) is 46.0 Å². The van der Waals surface area contributed by atoms with Crippen molar-refractivity contribution in [2.24, 2.45) is 11.7 Å². The molecule has 3 N–H and O–H groups in total. The highest BCUT2D eigenvalue weighted by molar-refractivity contribution is 7.91. The molecule has 0 aliphatic carbocycles. The van der Waals surface area contributed by atoms with Gasteiger partial charge in [0, 0.05) is 30.3 Å². The van der Waals surface area contributed by atoms with E-state index in [1.807, 2.05) is 0 Å². The standard InChI is InChI=1S/C17H19N3O4S2/c18-16(21)13-3-1-4-14(11-13)19-17(22)12-6-8-20(9-7-12)26(23,24)15-5-2-10-25-15/h1-5,10-12H,6-9H2,(H2,18,21)(H,19,22). The largest absolute Gasteiger partial charge is 0.366 e. The summed E-state index contributed by atoms with van der Waals surface area (Å²) in [6.07, 6.45) is 0.901. The Balaban J connectivity index is 1.60. The zero-order valence-electron chi connectivity index (χ0n) is 13.9. The van der Waals surface area contributed by atoms with Gasteiger partial charge in [0.05, 0.1) is 0 Å². The molecule has 26 heavy (non-hydrogen) atoms. The number of carbonyl (C=O) groups is 2. The van der Waals surface area contributed by atoms with E-state index in [0.29, 0.717) is 41.4 Å². The maximum absolute atomic E-state index is 12.5. The summed E-state index contributed by atoms with van der Waals surface area (Å²) >= 11 is 1.19. The number of nitrogens with one attached hydrogen (secondary N) is 1. The fourth-order valence-corrected chi connectivity index (χ4v) is 5.50. The van der Waals surface area contributed by atoms with Crippen LogP contribution in [-0.4, -0.2) is 37.6 Å². The molecule has 7 nitrogen and oxygen atoms in total. The van der Waals surface area contributed by atoms with E-state index in [1.54, 1.807) is 35.7 Å². The second-order valence-corrected chi connectivity index (χ2v) is 9.16. The summed E-state index contributed by atoms with van der Waals surface area (Å²) < 4.78 is 26.8. The minimum absolute atomic E-state index is 0.181. The van der Waals surface area contributed by atoms with Gasteiger partial charge in [-0.2, -0.15) is 4.31 Å². The van der Waals surface area contributed by atoms with Crippen molar-refractivity contribution in [1.29, 1.82) is 0 Å². The number of rotatable bonds is 5. The Morgan fingerprint density at radius 1 is 1.15 bits per heavy atom. The molecule has 2 heterocycles. The first-order valence-corrected chi connectivity index (χ1v) is 10.4. The number of hydrogen-bond acceptors (Lipinski definition) is 5. The average molecular weight is 393 g/mol. The minimum Gasteiger partial charge on any atom is -0.366 e. The summed E-state index contributed by atoms with van der Waals surface area (Å²) in [5.74, 6) is -1.02. The predicted octanol–water partition coefficient (Wildman–Crippen LogP) is 1.89. The number of nitrogens with two attached hydrogens (primary N) is 1. The first-order valence-electron chi connectivity index (χ1n) is 8.12. The number of hydrogen-bond donors (Lipinski definition) is 2. The van der Waals surface area contributed by atoms with Gasteiger partial charge in [-0.15, -0.1) is 11.3 Å². The maximum Gasteiger partial charge on any atom is 0.252 e. The second-order valence-electron chi connectivity index (χ2n) is 6.04. The molecular weight excluding hydrogens is 374 g/mol. The van der Waals surface area contributed by atoms with E-state index in [-0.39, 0.29) is 11.8 Å². The Morgan fingerprint density at radius 2 is 1.88 bits per heavy atom. The Hall–Kier alpha value is -2.23. The van der Waals surface area contributed by atoms with Gasteiger partial charge in [0.25, 0.3) is 10.0 Å². The monoisotopic (exact) mass is 393 g/mol. The molecule has 0 saturated carbocycles. The van der Waals surface area contributed by atoms with Crippen molar-refractivity contribution in [3.8, 4) is 0 Å². The van der Waals surface area contributed by atoms with Gasteiger partial charge in [-0.05, 0) is 42.5 Å². The van der Waals surface area contributed by atoms with Crippen LogP contribution in [0.25, 0.3) is 0 Å². The van der Waals surface area contributed by atoms with Crippen LogP contribution in [0.5, 0.6) is 0 Å². The summed E-state index contributed by atoms with van der Waals surface area (Å²) in [7, 11) is -3.47. The van der Waals surface area contributed by atoms with Crippen molar-refractivity contribution in [2.45, 2.75) is 17.1 Å². The van der Waals surface area contributed by atoms with Crippen molar-refractivity contribution in [3.63, 3.8) is 0 Å². The van der Waals surface area contributed by atoms with Crippen LogP contribution >= 0.6 is 11.3 Å². The summed E-state index contributed by atoms with van der Waals surface area (Å²) in [6, 6.07) is 9.72. The highest BCUT2D eigenvalue weighted by Crippen LogP contribution is 2.27. The Morgan fingerprint density at radius 3 is 2.50 bits per heavy atom. The quantitative estimate of drug-likeness (QED) is 0.808. The van der Waals surface area contributed by atoms with Crippen LogP contribution < -0.4 is 11.1 Å². The average Bonchev–Trinajstić information content (AvgIpc) is 3.17. The van der Waals surface area contributed by atoms with E-state index in [9.17, 15) is 18.0 Å². The maximum atomic E-state index is 12.5. The molecule has 0 unspecified atom stereocenters. The highest BCUT2D eigenvalue weighted by Gasteiger charge is 2.32. The highest BCUT2D eigenvalue weighted by atomic mass is 32.2. The number of sulfonamides is 1. The molecule has 9 heteroatoms. The van der Waals surface area contributed by atoms with E-state index >= 15 is 0 Å². The van der Waals surface area contributed by atoms with Crippen LogP contribution in [0, 0.1) is 5.92 Å². The lowest BCUT2D eigenvalue weighted by molar-refractivity contribution is -0.120. The number of piperidine rings is 1. The van der Waals surface area contributed by atoms with Gasteiger partial charge in [-0.25, -0.2) is 8.42 Å². The third-order valence-corrected chi connectivity index (χ3v) is 7.60. The van der Waals surface area contributed by atoms with E-state index in [0.717, 1.165) is 0 Å². The molecule has 1 fully saturated rings. The molecule has 0 radical (unpaired) electrons. The van der Waals surface area contributed by atoms with Crippen LogP contribution in [-0.2, 0) is 14.8 Å². The minimum atomic E-state index is -3.47. The number of primary amides is 1. The molecule has 2 amide bonds. The Kier molecular flexibility index (Phi) is 5.40. The van der Waals surface area contributed by atoms with Gasteiger partial charge in [-0.3, -0.25) is 9.59 Å². The number of anilines is 1. The van der Waals surface area contributed by atoms with E-state index in [1.165, 1.54) is 21.7 Å². The molecule has 1 aliphatic rings. The molecule has 1 saturated heterocycles. The fourth-order valence-electron chi connectivity index (χ4n) is 2.89. The third-order valence-electron chi connectivity index (χ3n) is 4.33. The van der Waals surface area contributed by atoms with E-state index in [4.69, 9.17) is 5.73 Å². The van der Waals surface area contributed by atoms with Crippen LogP contribution in [0.2, 0.25) is 0 Å². The molecule has 0 bridgehead atoms. The van der Waals surface area contributed by atoms with E-state index in [2.05, 4.69) is 5.32 Å². The number of carbonyl (C=O) groups excluding carboxylic acids is 2. The molecule has 0 atom stereocenters. The molecule has 0 spiro atoms. The van der Waals surface area contributed by atoms with Crippen LogP contribution in [0.3, 0.4) is 0 Å². The van der Waals surface area contributed by atoms with Gasteiger partial charge in [-0.1, -0.05) is 12.1 Å². The molecular formula is C17H19N3O4S2. The topological polar surface area (TPSA) is 110 Å². The Labute approximate surface area is 155 Å². The lowest BCUT2D eigenvalue weighted by atomic mass is 9.97. The lowest BCUT2D eigenvalue weighted by Crippen LogP contribution is -2.41. The van der Waals surface area contributed by atoms with Crippen LogP contribution in [0.4, 0.5) is 5.69 Å². The van der Waals surface area contributed by atoms with Gasteiger partial charge in [0.2, 0.25) is 11.8 Å². The van der Waals surface area contributed by atoms with Gasteiger partial charge < -0.3 is 11.1 Å². The third kappa shape index (κ3) is 3.95. The predicted molar refractivity (Wildman–Crippen MR) is 99.4 cm³/mol. The summed E-state index contributed by atoms with van der Waals surface area (Å²) in [5, 5.41) is 4.50. The summed E-state index contributed by atoms with van der Waals surface area (Å²) in [4.78, 5) is 23.7. The molecule has 1 aliphatic heterocycles. The molecule has 138 valence electrons. The number of benzene rings is 1. The summed E-state index contributed by atoms with van der Waals surface area (Å²) in [6.45, 7) is 0.610. The molecule has 2 aromatic rings. The van der Waals surface area contributed by atoms with Gasteiger partial charge in [0.15, 0.2) is 0 Å². The van der Waals surface area contributed by atoms with Crippen molar-refractivity contribution < 1.29 is 18.0 Å². The van der Waals surface area contributed by atoms with Crippen molar-refractivity contribution in [2.75, 3.05) is 18.4 Å². The first kappa shape index (κ1) is 18.6. The SMILES string of the molecule is NC(=O)c1cccc(NC(=O)C2CCN(S(=O)(=O)c3cccs3)CC2)c1. The zero-order valence-corrected chi connectivity index (χ0v) is 15.6. The van der Waals surface area contributed by atoms with Gasteiger partial charge >= 0.3 is 0 Å². The van der Waals surface area contributed by atoms with Crippen molar-refractivity contribution in [3.05, 3.63) is 47.3 Å². The normalized spacial score (nSPS) is 16.3. The molecule has 1 aromatic carbocycles. The number of nitrogens with zero attached hydrogens (tertiary/aromatic N) is 1. The molecule has 3 rings (SSSR count). The Bertz CT molecular complexity index is 902. The van der Waals surface area contributed by atoms with Crippen molar-refractivity contribution in [1.82, 2.24) is 4.31 Å². The second kappa shape index (κ2) is 7.56. The zero-order chi connectivity index (χ0) is 18.7. The van der Waals surface area contributed by atoms with Crippen molar-refractivity contribution >= 4 is 38.9 Å². The van der Waals surface area contributed by atoms with E-state index < -0.39 is 15.9 Å². The lowest BCUT2D eigenvalue weighted by Gasteiger charge is -2.30.